The van der Waals surface area contributed by atoms with Crippen molar-refractivity contribution in [1.82, 2.24) is 10.3 Å². The zero-order chi connectivity index (χ0) is 13.7. The van der Waals surface area contributed by atoms with E-state index in [1.165, 1.54) is 18.7 Å². The Morgan fingerprint density at radius 3 is 2.68 bits per heavy atom. The van der Waals surface area contributed by atoms with E-state index in [4.69, 9.17) is 4.74 Å². The molecular formula is C15H17FN2O. The molecule has 2 aromatic rings. The Balaban J connectivity index is 1.94. The van der Waals surface area contributed by atoms with E-state index in [2.05, 4.69) is 10.3 Å². The lowest BCUT2D eigenvalue weighted by Crippen LogP contribution is -2.14. The number of aromatic nitrogens is 1. The maximum absolute atomic E-state index is 13.7. The van der Waals surface area contributed by atoms with Crippen molar-refractivity contribution in [1.29, 1.82) is 0 Å². The van der Waals surface area contributed by atoms with Crippen LogP contribution >= 0.6 is 0 Å². The SMILES string of the molecule is COc1ccc(CNCc2cnccc2C)c(F)c1. The Hall–Kier alpha value is -1.94. The topological polar surface area (TPSA) is 34.1 Å². The first kappa shape index (κ1) is 13.5. The summed E-state index contributed by atoms with van der Waals surface area (Å²) in [5.74, 6) is 0.277. The summed E-state index contributed by atoms with van der Waals surface area (Å²) >= 11 is 0. The highest BCUT2D eigenvalue weighted by atomic mass is 19.1. The fraction of sp³-hybridized carbons (Fsp3) is 0.267. The van der Waals surface area contributed by atoms with Gasteiger partial charge >= 0.3 is 0 Å². The number of hydrogen-bond donors (Lipinski definition) is 1. The lowest BCUT2D eigenvalue weighted by Gasteiger charge is -2.09. The number of methoxy groups -OCH3 is 1. The molecule has 0 atom stereocenters. The van der Waals surface area contributed by atoms with E-state index in [1.807, 2.05) is 19.2 Å². The molecule has 19 heavy (non-hydrogen) atoms. The monoisotopic (exact) mass is 260 g/mol. The zero-order valence-corrected chi connectivity index (χ0v) is 11.1. The van der Waals surface area contributed by atoms with E-state index in [9.17, 15) is 4.39 Å². The minimum atomic E-state index is -0.255. The number of rotatable bonds is 5. The van der Waals surface area contributed by atoms with Gasteiger partial charge in [0.15, 0.2) is 0 Å². The minimum Gasteiger partial charge on any atom is -0.497 e. The molecule has 3 nitrogen and oxygen atoms in total. The second kappa shape index (κ2) is 6.29. The van der Waals surface area contributed by atoms with Crippen molar-refractivity contribution in [2.24, 2.45) is 0 Å². The molecule has 1 N–H and O–H groups in total. The number of halogens is 1. The number of hydrogen-bond acceptors (Lipinski definition) is 3. The average Bonchev–Trinajstić information content (AvgIpc) is 2.42. The first-order valence-electron chi connectivity index (χ1n) is 6.13. The summed E-state index contributed by atoms with van der Waals surface area (Å²) in [6.07, 6.45) is 3.59. The van der Waals surface area contributed by atoms with Crippen molar-refractivity contribution in [2.45, 2.75) is 20.0 Å². The Morgan fingerprint density at radius 2 is 2.00 bits per heavy atom. The molecule has 1 aromatic heterocycles. The van der Waals surface area contributed by atoms with Gasteiger partial charge < -0.3 is 10.1 Å². The Kier molecular flexibility index (Phi) is 4.47. The van der Waals surface area contributed by atoms with Gasteiger partial charge in [-0.3, -0.25) is 4.98 Å². The number of ether oxygens (including phenoxy) is 1. The van der Waals surface area contributed by atoms with Crippen molar-refractivity contribution in [3.8, 4) is 5.75 Å². The van der Waals surface area contributed by atoms with Gasteiger partial charge in [-0.2, -0.15) is 0 Å². The molecule has 0 aliphatic rings. The van der Waals surface area contributed by atoms with Gasteiger partial charge in [-0.25, -0.2) is 4.39 Å². The number of nitrogens with zero attached hydrogens (tertiary/aromatic N) is 1. The van der Waals surface area contributed by atoms with E-state index in [-0.39, 0.29) is 5.82 Å². The van der Waals surface area contributed by atoms with Crippen molar-refractivity contribution >= 4 is 0 Å². The highest BCUT2D eigenvalue weighted by molar-refractivity contribution is 5.29. The van der Waals surface area contributed by atoms with E-state index >= 15 is 0 Å². The second-order valence-electron chi connectivity index (χ2n) is 4.36. The number of nitrogens with one attached hydrogen (secondary N) is 1. The summed E-state index contributed by atoms with van der Waals surface area (Å²) < 4.78 is 18.7. The van der Waals surface area contributed by atoms with Crippen LogP contribution in [0, 0.1) is 12.7 Å². The van der Waals surface area contributed by atoms with Crippen LogP contribution in [-0.2, 0) is 13.1 Å². The van der Waals surface area contributed by atoms with Gasteiger partial charge in [0, 0.05) is 37.1 Å². The first-order valence-corrected chi connectivity index (χ1v) is 6.13. The fourth-order valence-corrected chi connectivity index (χ4v) is 1.81. The van der Waals surface area contributed by atoms with Gasteiger partial charge in [0.25, 0.3) is 0 Å². The van der Waals surface area contributed by atoms with Crippen LogP contribution in [0.25, 0.3) is 0 Å². The Bertz CT molecular complexity index is 558. The predicted molar refractivity (Wildman–Crippen MR) is 72.5 cm³/mol. The predicted octanol–water partition coefficient (Wildman–Crippen LogP) is 2.83. The van der Waals surface area contributed by atoms with Gasteiger partial charge in [0.2, 0.25) is 0 Å². The van der Waals surface area contributed by atoms with Crippen LogP contribution < -0.4 is 10.1 Å². The minimum absolute atomic E-state index is 0.255. The number of pyridine rings is 1. The molecule has 1 heterocycles. The smallest absolute Gasteiger partial charge is 0.131 e. The van der Waals surface area contributed by atoms with Gasteiger partial charge in [0.1, 0.15) is 11.6 Å². The number of aryl methyl sites for hydroxylation is 1. The van der Waals surface area contributed by atoms with Crippen LogP contribution in [0.1, 0.15) is 16.7 Å². The lowest BCUT2D eigenvalue weighted by atomic mass is 10.1. The van der Waals surface area contributed by atoms with Crippen LogP contribution in [0.5, 0.6) is 5.75 Å². The second-order valence-corrected chi connectivity index (χ2v) is 4.36. The number of benzene rings is 1. The molecule has 100 valence electrons. The Morgan fingerprint density at radius 1 is 1.21 bits per heavy atom. The standard InChI is InChI=1S/C15H17FN2O/c1-11-5-6-17-9-13(11)10-18-8-12-3-4-14(19-2)7-15(12)16/h3-7,9,18H,8,10H2,1-2H3. The van der Waals surface area contributed by atoms with Crippen molar-refractivity contribution in [3.05, 3.63) is 59.2 Å². The molecule has 0 bridgehead atoms. The maximum atomic E-state index is 13.7. The summed E-state index contributed by atoms with van der Waals surface area (Å²) in [6, 6.07) is 6.85. The summed E-state index contributed by atoms with van der Waals surface area (Å²) in [5.41, 5.74) is 2.93. The molecule has 0 unspecified atom stereocenters. The molecule has 0 radical (unpaired) electrons. The summed E-state index contributed by atoms with van der Waals surface area (Å²) in [7, 11) is 1.53. The fourth-order valence-electron chi connectivity index (χ4n) is 1.81. The molecule has 4 heteroatoms. The molecule has 0 amide bonds. The average molecular weight is 260 g/mol. The van der Waals surface area contributed by atoms with E-state index in [0.717, 1.165) is 5.56 Å². The third-order valence-electron chi connectivity index (χ3n) is 3.04. The van der Waals surface area contributed by atoms with Crippen LogP contribution in [-0.4, -0.2) is 12.1 Å². The molecule has 0 aliphatic carbocycles. The van der Waals surface area contributed by atoms with E-state index in [0.29, 0.717) is 24.4 Å². The first-order chi connectivity index (χ1) is 9.20. The molecule has 0 saturated heterocycles. The molecule has 0 saturated carbocycles. The normalized spacial score (nSPS) is 10.5. The van der Waals surface area contributed by atoms with Crippen LogP contribution in [0.3, 0.4) is 0 Å². The zero-order valence-electron chi connectivity index (χ0n) is 11.1. The third-order valence-corrected chi connectivity index (χ3v) is 3.04. The van der Waals surface area contributed by atoms with E-state index in [1.54, 1.807) is 18.3 Å². The Labute approximate surface area is 112 Å². The quantitative estimate of drug-likeness (QED) is 0.897. The van der Waals surface area contributed by atoms with Crippen molar-refractivity contribution in [3.63, 3.8) is 0 Å². The molecule has 1 aromatic carbocycles. The molecule has 0 aliphatic heterocycles. The molecule has 2 rings (SSSR count). The van der Waals surface area contributed by atoms with Gasteiger partial charge in [0.05, 0.1) is 7.11 Å². The van der Waals surface area contributed by atoms with Crippen molar-refractivity contribution in [2.75, 3.05) is 7.11 Å². The summed E-state index contributed by atoms with van der Waals surface area (Å²) in [5, 5.41) is 3.22. The summed E-state index contributed by atoms with van der Waals surface area (Å²) in [4.78, 5) is 4.08. The molecule has 0 spiro atoms. The van der Waals surface area contributed by atoms with Gasteiger partial charge in [-0.15, -0.1) is 0 Å². The van der Waals surface area contributed by atoms with Crippen molar-refractivity contribution < 1.29 is 9.13 Å². The van der Waals surface area contributed by atoms with Crippen LogP contribution in [0.2, 0.25) is 0 Å². The lowest BCUT2D eigenvalue weighted by molar-refractivity contribution is 0.410. The highest BCUT2D eigenvalue weighted by Crippen LogP contribution is 2.16. The van der Waals surface area contributed by atoms with Crippen LogP contribution in [0.15, 0.2) is 36.7 Å². The summed E-state index contributed by atoms with van der Waals surface area (Å²) in [6.45, 7) is 3.18. The third kappa shape index (κ3) is 3.51. The van der Waals surface area contributed by atoms with E-state index < -0.39 is 0 Å². The molecular weight excluding hydrogens is 243 g/mol. The van der Waals surface area contributed by atoms with Crippen LogP contribution in [0.4, 0.5) is 4.39 Å². The molecule has 0 fully saturated rings. The highest BCUT2D eigenvalue weighted by Gasteiger charge is 2.04. The van der Waals surface area contributed by atoms with Gasteiger partial charge in [-0.05, 0) is 30.2 Å². The largest absolute Gasteiger partial charge is 0.497 e. The van der Waals surface area contributed by atoms with Gasteiger partial charge in [-0.1, -0.05) is 6.07 Å². The maximum Gasteiger partial charge on any atom is 0.131 e.